The first-order valence-electron chi connectivity index (χ1n) is 4.16. The Morgan fingerprint density at radius 3 is 2.92 bits per heavy atom. The van der Waals surface area contributed by atoms with Crippen LogP contribution in [-0.4, -0.2) is 19.1 Å². The van der Waals surface area contributed by atoms with E-state index in [0.29, 0.717) is 0 Å². The maximum Gasteiger partial charge on any atom is 0.119 e. The third-order valence-corrected chi connectivity index (χ3v) is 2.56. The average molecular weight is 197 g/mol. The summed E-state index contributed by atoms with van der Waals surface area (Å²) in [5, 5.41) is 0. The molecule has 1 unspecified atom stereocenters. The van der Waals surface area contributed by atoms with Crippen LogP contribution in [0.3, 0.4) is 0 Å². The van der Waals surface area contributed by atoms with E-state index in [0.717, 1.165) is 17.1 Å². The van der Waals surface area contributed by atoms with Gasteiger partial charge in [0.05, 0.1) is 7.11 Å². The van der Waals surface area contributed by atoms with Crippen molar-refractivity contribution in [3.8, 4) is 5.75 Å². The summed E-state index contributed by atoms with van der Waals surface area (Å²) >= 11 is 1.75. The summed E-state index contributed by atoms with van der Waals surface area (Å²) in [4.78, 5) is 0. The van der Waals surface area contributed by atoms with E-state index in [-0.39, 0.29) is 6.04 Å². The van der Waals surface area contributed by atoms with Crippen LogP contribution in [0.5, 0.6) is 5.75 Å². The SMILES string of the molecule is COc1cccc(C(N)CSC)c1. The molecule has 0 heterocycles. The monoisotopic (exact) mass is 197 g/mol. The van der Waals surface area contributed by atoms with E-state index in [2.05, 4.69) is 6.26 Å². The van der Waals surface area contributed by atoms with Crippen molar-refractivity contribution in [2.24, 2.45) is 5.73 Å². The fourth-order valence-electron chi connectivity index (χ4n) is 1.15. The molecule has 0 saturated carbocycles. The number of rotatable bonds is 4. The van der Waals surface area contributed by atoms with Crippen molar-refractivity contribution in [3.63, 3.8) is 0 Å². The molecule has 0 radical (unpaired) electrons. The van der Waals surface area contributed by atoms with E-state index >= 15 is 0 Å². The van der Waals surface area contributed by atoms with E-state index in [4.69, 9.17) is 10.5 Å². The zero-order valence-electron chi connectivity index (χ0n) is 7.99. The van der Waals surface area contributed by atoms with E-state index < -0.39 is 0 Å². The first-order chi connectivity index (χ1) is 6.27. The van der Waals surface area contributed by atoms with Crippen LogP contribution in [-0.2, 0) is 0 Å². The molecule has 1 rings (SSSR count). The lowest BCUT2D eigenvalue weighted by Crippen LogP contribution is -2.12. The van der Waals surface area contributed by atoms with E-state index in [1.807, 2.05) is 24.3 Å². The van der Waals surface area contributed by atoms with Crippen LogP contribution in [0.4, 0.5) is 0 Å². The zero-order chi connectivity index (χ0) is 9.68. The highest BCUT2D eigenvalue weighted by molar-refractivity contribution is 7.98. The number of ether oxygens (including phenoxy) is 1. The van der Waals surface area contributed by atoms with E-state index in [1.54, 1.807) is 18.9 Å². The number of hydrogen-bond acceptors (Lipinski definition) is 3. The van der Waals surface area contributed by atoms with Crippen LogP contribution >= 0.6 is 11.8 Å². The lowest BCUT2D eigenvalue weighted by molar-refractivity contribution is 0.414. The number of thioether (sulfide) groups is 1. The van der Waals surface area contributed by atoms with Gasteiger partial charge in [-0.1, -0.05) is 12.1 Å². The van der Waals surface area contributed by atoms with Crippen molar-refractivity contribution < 1.29 is 4.74 Å². The molecule has 0 aromatic heterocycles. The predicted octanol–water partition coefficient (Wildman–Crippen LogP) is 2.06. The predicted molar refractivity (Wildman–Crippen MR) is 58.3 cm³/mol. The van der Waals surface area contributed by atoms with Crippen LogP contribution in [0, 0.1) is 0 Å². The molecule has 0 amide bonds. The van der Waals surface area contributed by atoms with Gasteiger partial charge in [0.2, 0.25) is 0 Å². The maximum absolute atomic E-state index is 5.95. The maximum atomic E-state index is 5.95. The van der Waals surface area contributed by atoms with Crippen LogP contribution < -0.4 is 10.5 Å². The largest absolute Gasteiger partial charge is 0.497 e. The summed E-state index contributed by atoms with van der Waals surface area (Å²) in [5.74, 6) is 1.81. The molecule has 0 aliphatic rings. The van der Waals surface area contributed by atoms with Crippen molar-refractivity contribution >= 4 is 11.8 Å². The normalized spacial score (nSPS) is 12.5. The Morgan fingerprint density at radius 1 is 1.54 bits per heavy atom. The van der Waals surface area contributed by atoms with Crippen LogP contribution in [0.1, 0.15) is 11.6 Å². The second-order valence-corrected chi connectivity index (χ2v) is 3.75. The molecular formula is C10H15NOS. The fourth-order valence-corrected chi connectivity index (χ4v) is 1.70. The highest BCUT2D eigenvalue weighted by Gasteiger charge is 2.05. The Labute approximate surface area is 83.5 Å². The van der Waals surface area contributed by atoms with Crippen molar-refractivity contribution in [1.82, 2.24) is 0 Å². The van der Waals surface area contributed by atoms with Gasteiger partial charge in [0.15, 0.2) is 0 Å². The quantitative estimate of drug-likeness (QED) is 0.802. The second-order valence-electron chi connectivity index (χ2n) is 2.84. The highest BCUT2D eigenvalue weighted by Crippen LogP contribution is 2.19. The lowest BCUT2D eigenvalue weighted by Gasteiger charge is -2.11. The molecule has 0 saturated heterocycles. The average Bonchev–Trinajstić information content (AvgIpc) is 2.18. The summed E-state index contributed by atoms with van der Waals surface area (Å²) in [7, 11) is 1.67. The molecule has 0 spiro atoms. The molecule has 2 nitrogen and oxygen atoms in total. The Hall–Kier alpha value is -0.670. The number of hydrogen-bond donors (Lipinski definition) is 1. The fraction of sp³-hybridized carbons (Fsp3) is 0.400. The molecule has 0 aliphatic heterocycles. The Bertz CT molecular complexity index is 265. The molecule has 1 aromatic carbocycles. The third-order valence-electron chi connectivity index (χ3n) is 1.87. The molecular weight excluding hydrogens is 182 g/mol. The first-order valence-corrected chi connectivity index (χ1v) is 5.55. The Morgan fingerprint density at radius 2 is 2.31 bits per heavy atom. The van der Waals surface area contributed by atoms with Crippen LogP contribution in [0.2, 0.25) is 0 Å². The van der Waals surface area contributed by atoms with Crippen LogP contribution in [0.15, 0.2) is 24.3 Å². The molecule has 72 valence electrons. The van der Waals surface area contributed by atoms with E-state index in [9.17, 15) is 0 Å². The first kappa shape index (κ1) is 10.4. The standard InChI is InChI=1S/C10H15NOS/c1-12-9-5-3-4-8(6-9)10(11)7-13-2/h3-6,10H,7,11H2,1-2H3. The Kier molecular flexibility index (Phi) is 4.12. The van der Waals surface area contributed by atoms with Crippen molar-refractivity contribution in [3.05, 3.63) is 29.8 Å². The number of methoxy groups -OCH3 is 1. The van der Waals surface area contributed by atoms with Gasteiger partial charge in [0, 0.05) is 11.8 Å². The molecule has 1 atom stereocenters. The van der Waals surface area contributed by atoms with Gasteiger partial charge >= 0.3 is 0 Å². The van der Waals surface area contributed by atoms with Gasteiger partial charge in [0.25, 0.3) is 0 Å². The molecule has 2 N–H and O–H groups in total. The van der Waals surface area contributed by atoms with Gasteiger partial charge in [-0.05, 0) is 24.0 Å². The second kappa shape index (κ2) is 5.14. The van der Waals surface area contributed by atoms with Crippen LogP contribution in [0.25, 0.3) is 0 Å². The molecule has 0 aliphatic carbocycles. The topological polar surface area (TPSA) is 35.2 Å². The third kappa shape index (κ3) is 2.94. The minimum atomic E-state index is 0.102. The summed E-state index contributed by atoms with van der Waals surface area (Å²) < 4.78 is 5.12. The molecule has 3 heteroatoms. The summed E-state index contributed by atoms with van der Waals surface area (Å²) in [6, 6.07) is 8.01. The highest BCUT2D eigenvalue weighted by atomic mass is 32.2. The van der Waals surface area contributed by atoms with Gasteiger partial charge < -0.3 is 10.5 Å². The van der Waals surface area contributed by atoms with Gasteiger partial charge in [-0.15, -0.1) is 0 Å². The van der Waals surface area contributed by atoms with Gasteiger partial charge in [-0.3, -0.25) is 0 Å². The summed E-state index contributed by atoms with van der Waals surface area (Å²) in [6.07, 6.45) is 2.06. The number of benzene rings is 1. The molecule has 13 heavy (non-hydrogen) atoms. The van der Waals surface area contributed by atoms with E-state index in [1.165, 1.54) is 0 Å². The minimum absolute atomic E-state index is 0.102. The van der Waals surface area contributed by atoms with Crippen molar-refractivity contribution in [1.29, 1.82) is 0 Å². The van der Waals surface area contributed by atoms with Gasteiger partial charge in [-0.2, -0.15) is 11.8 Å². The Balaban J connectivity index is 2.75. The van der Waals surface area contributed by atoms with Gasteiger partial charge in [-0.25, -0.2) is 0 Å². The minimum Gasteiger partial charge on any atom is -0.497 e. The molecule has 0 fully saturated rings. The van der Waals surface area contributed by atoms with Crippen molar-refractivity contribution in [2.45, 2.75) is 6.04 Å². The summed E-state index contributed by atoms with van der Waals surface area (Å²) in [6.45, 7) is 0. The van der Waals surface area contributed by atoms with Gasteiger partial charge in [0.1, 0.15) is 5.75 Å². The zero-order valence-corrected chi connectivity index (χ0v) is 8.80. The summed E-state index contributed by atoms with van der Waals surface area (Å²) in [5.41, 5.74) is 7.09. The molecule has 0 bridgehead atoms. The van der Waals surface area contributed by atoms with Crippen molar-refractivity contribution in [2.75, 3.05) is 19.1 Å². The number of nitrogens with two attached hydrogens (primary N) is 1. The molecule has 1 aromatic rings. The smallest absolute Gasteiger partial charge is 0.119 e. The lowest BCUT2D eigenvalue weighted by atomic mass is 10.1.